The summed E-state index contributed by atoms with van der Waals surface area (Å²) >= 11 is 0. The first-order valence-corrected chi connectivity index (χ1v) is 19.7. The van der Waals surface area contributed by atoms with Crippen molar-refractivity contribution >= 4 is 0 Å². The molecule has 0 bridgehead atoms. The lowest BCUT2D eigenvalue weighted by Gasteiger charge is -2.48. The smallest absolute Gasteiger partial charge is 0.187 e. The van der Waals surface area contributed by atoms with Crippen LogP contribution >= 0.6 is 0 Å². The molecule has 2 aliphatic carbocycles. The van der Waals surface area contributed by atoms with Gasteiger partial charge in [-0.15, -0.1) is 0 Å². The first kappa shape index (κ1) is 44.3. The maximum atomic E-state index is 11.8. The zero-order chi connectivity index (χ0) is 39.3. The molecule has 0 radical (unpaired) electrons. The van der Waals surface area contributed by atoms with Crippen molar-refractivity contribution in [3.05, 3.63) is 0 Å². The normalized spacial score (nSPS) is 46.4. The maximum Gasteiger partial charge on any atom is 0.187 e. The van der Waals surface area contributed by atoms with Crippen LogP contribution in [0.4, 0.5) is 0 Å². The van der Waals surface area contributed by atoms with Crippen LogP contribution in [0.3, 0.4) is 0 Å². The Balaban J connectivity index is 1.28. The molecule has 0 aromatic heterocycles. The van der Waals surface area contributed by atoms with E-state index in [1.54, 1.807) is 7.05 Å². The Bertz CT molecular complexity index is 1120. The third-order valence-corrected chi connectivity index (χ3v) is 12.0. The second-order valence-corrected chi connectivity index (χ2v) is 16.2. The van der Waals surface area contributed by atoms with E-state index < -0.39 is 117 Å². The maximum absolute atomic E-state index is 11.8. The first-order chi connectivity index (χ1) is 25.8. The average molecular weight is 781 g/mol. The van der Waals surface area contributed by atoms with Crippen molar-refractivity contribution in [1.29, 1.82) is 0 Å². The quantitative estimate of drug-likeness (QED) is 0.0618. The van der Waals surface area contributed by atoms with Crippen molar-refractivity contribution in [2.75, 3.05) is 46.4 Å². The Morgan fingerprint density at radius 2 is 1.44 bits per heavy atom. The number of aliphatic hydroxyl groups excluding tert-OH is 7. The second-order valence-electron chi connectivity index (χ2n) is 16.2. The van der Waals surface area contributed by atoms with E-state index in [-0.39, 0.29) is 19.2 Å². The third-order valence-electron chi connectivity index (χ3n) is 12.0. The molecule has 54 heavy (non-hydrogen) atoms. The summed E-state index contributed by atoms with van der Waals surface area (Å²) in [7, 11) is 1.73. The van der Waals surface area contributed by atoms with E-state index in [9.17, 15) is 35.7 Å². The molecular formula is C35H68N6O13. The van der Waals surface area contributed by atoms with Crippen molar-refractivity contribution < 1.29 is 64.2 Å². The van der Waals surface area contributed by atoms with Crippen LogP contribution in [-0.2, 0) is 28.4 Å². The molecule has 16 N–H and O–H groups in total. The number of hydrogen-bond acceptors (Lipinski definition) is 19. The standard InChI is InChI=1S/C35H68N6O13/c1-15(2)17-6-16(7-17)10-40-12-19-4-5-20(37)33(49-19)52-30-22(39-3)8-21(41-11-18(44)13-42)26(45)32(30)54-35-29(48)31(24(14-43)51-35)53-34-25(38)28(47)27(46)23(9-36)50-34/h15-35,39-48H,4-14,36-38H2,1-3H3. The fourth-order valence-corrected chi connectivity index (χ4v) is 8.34. The zero-order valence-corrected chi connectivity index (χ0v) is 31.7. The molecule has 19 heteroatoms. The SMILES string of the molecule is CNC1CC(NCC(O)CO)C(O)C(OC2OC(CO)C(OC3OC(CN)C(O)C(O)C3N)C2O)C1OC1OC(CNCC2CC(C(C)C)C2)CCC1N. The summed E-state index contributed by atoms with van der Waals surface area (Å²) in [6.45, 7) is 4.85. The lowest BCUT2D eigenvalue weighted by Crippen LogP contribution is -2.67. The van der Waals surface area contributed by atoms with Gasteiger partial charge in [-0.1, -0.05) is 13.8 Å². The first-order valence-electron chi connectivity index (χ1n) is 19.7. The van der Waals surface area contributed by atoms with Gasteiger partial charge >= 0.3 is 0 Å². The minimum absolute atomic E-state index is 0.0196. The highest BCUT2D eigenvalue weighted by atomic mass is 16.8. The number of likely N-dealkylation sites (N-methyl/N-ethyl adjacent to an activating group) is 1. The number of nitrogens with one attached hydrogen (secondary N) is 3. The van der Waals surface area contributed by atoms with Gasteiger partial charge in [0, 0.05) is 31.7 Å². The van der Waals surface area contributed by atoms with Gasteiger partial charge in [0.25, 0.3) is 0 Å². The summed E-state index contributed by atoms with van der Waals surface area (Å²) in [4.78, 5) is 0. The van der Waals surface area contributed by atoms with Crippen molar-refractivity contribution in [2.45, 2.75) is 156 Å². The van der Waals surface area contributed by atoms with Crippen LogP contribution in [0.2, 0.25) is 0 Å². The van der Waals surface area contributed by atoms with Gasteiger partial charge in [-0.05, 0) is 63.5 Å². The largest absolute Gasteiger partial charge is 0.394 e. The van der Waals surface area contributed by atoms with E-state index in [1.807, 2.05) is 0 Å². The summed E-state index contributed by atoms with van der Waals surface area (Å²) in [5, 5.41) is 83.6. The number of nitrogens with two attached hydrogens (primary N) is 3. The fraction of sp³-hybridized carbons (Fsp3) is 1.00. The summed E-state index contributed by atoms with van der Waals surface area (Å²) in [5.41, 5.74) is 18.3. The fourth-order valence-electron chi connectivity index (χ4n) is 8.34. The van der Waals surface area contributed by atoms with Gasteiger partial charge in [0.15, 0.2) is 18.9 Å². The Morgan fingerprint density at radius 1 is 0.759 bits per heavy atom. The molecule has 5 aliphatic rings. The lowest BCUT2D eigenvalue weighted by atomic mass is 9.69. The van der Waals surface area contributed by atoms with Gasteiger partial charge in [0.05, 0.1) is 43.6 Å². The predicted octanol–water partition coefficient (Wildman–Crippen LogP) is -5.28. The topological polar surface area (TPSA) is 311 Å². The van der Waals surface area contributed by atoms with E-state index in [0.717, 1.165) is 18.9 Å². The molecule has 18 unspecified atom stereocenters. The second kappa shape index (κ2) is 20.3. The molecule has 0 amide bonds. The van der Waals surface area contributed by atoms with Crippen LogP contribution in [0.5, 0.6) is 0 Å². The number of rotatable bonds is 18. The number of aliphatic hydroxyl groups is 7. The van der Waals surface area contributed by atoms with Gasteiger partial charge < -0.3 is 97.3 Å². The van der Waals surface area contributed by atoms with E-state index in [4.69, 9.17) is 45.6 Å². The van der Waals surface area contributed by atoms with Crippen molar-refractivity contribution in [1.82, 2.24) is 16.0 Å². The summed E-state index contributed by atoms with van der Waals surface area (Å²) < 4.78 is 37.0. The van der Waals surface area contributed by atoms with Gasteiger partial charge in [-0.3, -0.25) is 0 Å². The Morgan fingerprint density at radius 3 is 2.09 bits per heavy atom. The molecule has 19 nitrogen and oxygen atoms in total. The van der Waals surface area contributed by atoms with E-state index >= 15 is 0 Å². The molecule has 0 spiro atoms. The molecule has 316 valence electrons. The summed E-state index contributed by atoms with van der Waals surface area (Å²) in [6.07, 6.45) is -11.8. The molecule has 0 aromatic carbocycles. The molecule has 3 saturated heterocycles. The van der Waals surface area contributed by atoms with Crippen LogP contribution in [-0.4, -0.2) is 192 Å². The molecular weight excluding hydrogens is 712 g/mol. The average Bonchev–Trinajstić information content (AvgIpc) is 3.43. The minimum atomic E-state index is -1.56. The Hall–Kier alpha value is -0.760. The van der Waals surface area contributed by atoms with Crippen molar-refractivity contribution in [2.24, 2.45) is 35.0 Å². The van der Waals surface area contributed by atoms with Gasteiger partial charge in [0.1, 0.15) is 48.8 Å². The molecule has 3 aliphatic heterocycles. The summed E-state index contributed by atoms with van der Waals surface area (Å²) in [6, 6.07) is -2.82. The molecule has 18 atom stereocenters. The molecule has 3 heterocycles. The van der Waals surface area contributed by atoms with E-state index in [1.165, 1.54) is 12.8 Å². The third kappa shape index (κ3) is 10.5. The zero-order valence-electron chi connectivity index (χ0n) is 31.7. The number of hydrogen-bond donors (Lipinski definition) is 13. The van der Waals surface area contributed by atoms with Crippen LogP contribution in [0.15, 0.2) is 0 Å². The van der Waals surface area contributed by atoms with Crippen LogP contribution in [0.1, 0.15) is 46.0 Å². The van der Waals surface area contributed by atoms with Gasteiger partial charge in [-0.2, -0.15) is 0 Å². The predicted molar refractivity (Wildman–Crippen MR) is 192 cm³/mol. The van der Waals surface area contributed by atoms with E-state index in [2.05, 4.69) is 29.8 Å². The highest BCUT2D eigenvalue weighted by molar-refractivity contribution is 5.03. The molecule has 2 saturated carbocycles. The highest BCUT2D eigenvalue weighted by Gasteiger charge is 2.54. The van der Waals surface area contributed by atoms with Gasteiger partial charge in [-0.25, -0.2) is 0 Å². The Kier molecular flexibility index (Phi) is 16.7. The lowest BCUT2D eigenvalue weighted by molar-refractivity contribution is -0.291. The van der Waals surface area contributed by atoms with Crippen LogP contribution in [0.25, 0.3) is 0 Å². The van der Waals surface area contributed by atoms with Crippen LogP contribution < -0.4 is 33.2 Å². The van der Waals surface area contributed by atoms with Crippen LogP contribution in [0, 0.1) is 17.8 Å². The van der Waals surface area contributed by atoms with E-state index in [0.29, 0.717) is 31.2 Å². The number of ether oxygens (including phenoxy) is 6. The Labute approximate surface area is 317 Å². The molecule has 5 rings (SSSR count). The van der Waals surface area contributed by atoms with Crippen molar-refractivity contribution in [3.63, 3.8) is 0 Å². The van der Waals surface area contributed by atoms with Gasteiger partial charge in [0.2, 0.25) is 0 Å². The summed E-state index contributed by atoms with van der Waals surface area (Å²) in [5.74, 6) is 2.15. The molecule has 0 aromatic rings. The minimum Gasteiger partial charge on any atom is -0.394 e. The molecule has 5 fully saturated rings. The monoisotopic (exact) mass is 780 g/mol. The highest BCUT2D eigenvalue weighted by Crippen LogP contribution is 2.38. The van der Waals surface area contributed by atoms with Crippen molar-refractivity contribution in [3.8, 4) is 0 Å².